The third-order valence-corrected chi connectivity index (χ3v) is 7.98. The molecule has 0 aromatic rings. The third kappa shape index (κ3) is 1.77. The van der Waals surface area contributed by atoms with Crippen LogP contribution in [0, 0.1) is 28.6 Å². The Morgan fingerprint density at radius 3 is 2.33 bits per heavy atom. The molecule has 0 spiro atoms. The normalized spacial score (nSPS) is 50.7. The van der Waals surface area contributed by atoms with Crippen LogP contribution in [0.15, 0.2) is 0 Å². The van der Waals surface area contributed by atoms with Crippen molar-refractivity contribution in [2.75, 3.05) is 20.3 Å². The van der Waals surface area contributed by atoms with Crippen LogP contribution in [0.25, 0.3) is 0 Å². The summed E-state index contributed by atoms with van der Waals surface area (Å²) in [5.41, 5.74) is -0.851. The van der Waals surface area contributed by atoms with E-state index in [1.165, 1.54) is 32.1 Å². The molecule has 0 amide bonds. The summed E-state index contributed by atoms with van der Waals surface area (Å²) < 4.78 is 5.40. The topological polar surface area (TPSA) is 49.7 Å². The van der Waals surface area contributed by atoms with Crippen molar-refractivity contribution in [2.24, 2.45) is 28.6 Å². The van der Waals surface area contributed by atoms with E-state index in [2.05, 4.69) is 13.8 Å². The van der Waals surface area contributed by atoms with E-state index in [9.17, 15) is 10.2 Å². The van der Waals surface area contributed by atoms with Crippen molar-refractivity contribution in [1.82, 2.24) is 0 Å². The van der Waals surface area contributed by atoms with Crippen molar-refractivity contribution in [3.8, 4) is 0 Å². The first-order chi connectivity index (χ1) is 9.95. The maximum atomic E-state index is 11.5. The molecule has 0 radical (unpaired) electrons. The van der Waals surface area contributed by atoms with E-state index in [1.54, 1.807) is 7.11 Å². The van der Waals surface area contributed by atoms with Gasteiger partial charge in [-0.15, -0.1) is 0 Å². The minimum Gasteiger partial charge on any atom is -0.396 e. The van der Waals surface area contributed by atoms with Crippen LogP contribution in [-0.4, -0.2) is 36.1 Å². The smallest absolute Gasteiger partial charge is 0.0991 e. The molecule has 3 heteroatoms. The zero-order valence-corrected chi connectivity index (χ0v) is 13.9. The molecular weight excluding hydrogens is 264 g/mol. The van der Waals surface area contributed by atoms with Gasteiger partial charge in [-0.25, -0.2) is 0 Å². The van der Waals surface area contributed by atoms with Gasteiger partial charge in [0.15, 0.2) is 0 Å². The predicted molar refractivity (Wildman–Crippen MR) is 82.9 cm³/mol. The Hall–Kier alpha value is -0.120. The molecule has 3 aliphatic carbocycles. The van der Waals surface area contributed by atoms with Gasteiger partial charge in [-0.3, -0.25) is 0 Å². The first kappa shape index (κ1) is 15.8. The van der Waals surface area contributed by atoms with Crippen molar-refractivity contribution < 1.29 is 14.9 Å². The summed E-state index contributed by atoms with van der Waals surface area (Å²) in [5.74, 6) is 1.11. The Kier molecular flexibility index (Phi) is 3.91. The van der Waals surface area contributed by atoms with Crippen LogP contribution in [0.5, 0.6) is 0 Å². The number of aliphatic hydroxyl groups is 2. The Bertz CT molecular complexity index is 392. The largest absolute Gasteiger partial charge is 0.396 e. The van der Waals surface area contributed by atoms with E-state index in [0.717, 1.165) is 12.8 Å². The minimum absolute atomic E-state index is 0.0249. The quantitative estimate of drug-likeness (QED) is 0.838. The molecule has 3 nitrogen and oxygen atoms in total. The van der Waals surface area contributed by atoms with Crippen LogP contribution in [0.3, 0.4) is 0 Å². The number of ether oxygens (including phenoxy) is 1. The molecule has 0 aromatic heterocycles. The fourth-order valence-electron chi connectivity index (χ4n) is 6.69. The summed E-state index contributed by atoms with van der Waals surface area (Å²) in [7, 11) is 1.67. The van der Waals surface area contributed by atoms with Crippen molar-refractivity contribution in [2.45, 2.75) is 64.4 Å². The lowest BCUT2D eigenvalue weighted by Crippen LogP contribution is -2.56. The zero-order chi connectivity index (χ0) is 15.3. The number of rotatable bonds is 4. The Balaban J connectivity index is 2.02. The van der Waals surface area contributed by atoms with Crippen LogP contribution in [0.2, 0.25) is 0 Å². The second-order valence-corrected chi connectivity index (χ2v) is 8.24. The average molecular weight is 296 g/mol. The fraction of sp³-hybridized carbons (Fsp3) is 1.00. The molecule has 0 aliphatic heterocycles. The Labute approximate surface area is 129 Å². The van der Waals surface area contributed by atoms with Crippen LogP contribution in [0.1, 0.15) is 58.8 Å². The zero-order valence-electron chi connectivity index (χ0n) is 13.9. The summed E-state index contributed by atoms with van der Waals surface area (Å²) in [4.78, 5) is 0. The number of aliphatic hydroxyl groups excluding tert-OH is 1. The minimum atomic E-state index is -0.869. The number of fused-ring (bicyclic) bond motifs is 2. The summed E-state index contributed by atoms with van der Waals surface area (Å²) in [6.45, 7) is 5.13. The van der Waals surface area contributed by atoms with Gasteiger partial charge in [0, 0.05) is 25.0 Å². The summed E-state index contributed by atoms with van der Waals surface area (Å²) in [5, 5.41) is 21.5. The van der Waals surface area contributed by atoms with E-state index in [1.807, 2.05) is 0 Å². The van der Waals surface area contributed by atoms with Crippen molar-refractivity contribution in [3.05, 3.63) is 0 Å². The third-order valence-electron chi connectivity index (χ3n) is 7.98. The molecule has 3 saturated carbocycles. The number of hydrogen-bond donors (Lipinski definition) is 2. The van der Waals surface area contributed by atoms with E-state index in [-0.39, 0.29) is 23.4 Å². The molecule has 0 heterocycles. The van der Waals surface area contributed by atoms with Crippen molar-refractivity contribution >= 4 is 0 Å². The van der Waals surface area contributed by atoms with Gasteiger partial charge in [-0.05, 0) is 42.9 Å². The highest BCUT2D eigenvalue weighted by atomic mass is 16.5. The van der Waals surface area contributed by atoms with Gasteiger partial charge >= 0.3 is 0 Å². The highest BCUT2D eigenvalue weighted by Crippen LogP contribution is 2.75. The molecular formula is C18H32O3. The van der Waals surface area contributed by atoms with E-state index >= 15 is 0 Å². The van der Waals surface area contributed by atoms with Crippen LogP contribution < -0.4 is 0 Å². The predicted octanol–water partition coefficient (Wildman–Crippen LogP) is 2.99. The molecule has 122 valence electrons. The maximum Gasteiger partial charge on any atom is 0.0991 e. The Morgan fingerprint density at radius 2 is 1.76 bits per heavy atom. The van der Waals surface area contributed by atoms with Gasteiger partial charge in [-0.2, -0.15) is 0 Å². The van der Waals surface area contributed by atoms with Crippen LogP contribution >= 0.6 is 0 Å². The summed E-state index contributed by atoms with van der Waals surface area (Å²) in [6, 6.07) is 0. The van der Waals surface area contributed by atoms with E-state index in [4.69, 9.17) is 4.74 Å². The van der Waals surface area contributed by atoms with E-state index < -0.39 is 5.60 Å². The van der Waals surface area contributed by atoms with Crippen LogP contribution in [-0.2, 0) is 4.74 Å². The summed E-state index contributed by atoms with van der Waals surface area (Å²) in [6.07, 6.45) is 8.83. The maximum absolute atomic E-state index is 11.5. The molecule has 2 bridgehead atoms. The molecule has 21 heavy (non-hydrogen) atoms. The lowest BCUT2D eigenvalue weighted by molar-refractivity contribution is -0.167. The molecule has 0 aromatic carbocycles. The molecule has 5 unspecified atom stereocenters. The van der Waals surface area contributed by atoms with Gasteiger partial charge in [0.2, 0.25) is 0 Å². The number of hydrogen-bond acceptors (Lipinski definition) is 3. The van der Waals surface area contributed by atoms with Crippen molar-refractivity contribution in [3.63, 3.8) is 0 Å². The number of methoxy groups -OCH3 is 1. The second kappa shape index (κ2) is 5.21. The SMILES string of the molecule is COCC1(O)C(CO)C2CCC1(C)C2(C)C1CCCCC1. The Morgan fingerprint density at radius 1 is 1.10 bits per heavy atom. The molecule has 3 fully saturated rings. The highest BCUT2D eigenvalue weighted by Gasteiger charge is 2.75. The van der Waals surface area contributed by atoms with Crippen molar-refractivity contribution in [1.29, 1.82) is 0 Å². The molecule has 3 rings (SSSR count). The first-order valence-electron chi connectivity index (χ1n) is 8.78. The molecule has 5 atom stereocenters. The molecule has 0 saturated heterocycles. The fourth-order valence-corrected chi connectivity index (χ4v) is 6.69. The van der Waals surface area contributed by atoms with Gasteiger partial charge in [-0.1, -0.05) is 33.1 Å². The lowest BCUT2D eigenvalue weighted by atomic mass is 9.56. The monoisotopic (exact) mass is 296 g/mol. The average Bonchev–Trinajstić information content (AvgIpc) is 2.83. The highest BCUT2D eigenvalue weighted by molar-refractivity contribution is 5.24. The summed E-state index contributed by atoms with van der Waals surface area (Å²) >= 11 is 0. The second-order valence-electron chi connectivity index (χ2n) is 8.24. The first-order valence-corrected chi connectivity index (χ1v) is 8.78. The van der Waals surface area contributed by atoms with Crippen LogP contribution in [0.4, 0.5) is 0 Å². The standard InChI is InChI=1S/C18H32O3/c1-16-10-9-14(15(11-19)18(16,20)12-21-3)17(16,2)13-7-5-4-6-8-13/h13-15,19-20H,4-12H2,1-3H3. The lowest BCUT2D eigenvalue weighted by Gasteiger charge is -2.51. The van der Waals surface area contributed by atoms with Gasteiger partial charge in [0.25, 0.3) is 0 Å². The molecule has 3 aliphatic rings. The van der Waals surface area contributed by atoms with Gasteiger partial charge in [0.1, 0.15) is 0 Å². The van der Waals surface area contributed by atoms with Gasteiger partial charge < -0.3 is 14.9 Å². The van der Waals surface area contributed by atoms with Gasteiger partial charge in [0.05, 0.1) is 12.2 Å². The van der Waals surface area contributed by atoms with E-state index in [0.29, 0.717) is 18.4 Å². The molecule has 2 N–H and O–H groups in total.